The van der Waals surface area contributed by atoms with Crippen LogP contribution >= 0.6 is 11.6 Å². The topological polar surface area (TPSA) is 64.1 Å². The van der Waals surface area contributed by atoms with Crippen molar-refractivity contribution in [3.63, 3.8) is 0 Å². The second-order valence-corrected chi connectivity index (χ2v) is 4.76. The van der Waals surface area contributed by atoms with Crippen molar-refractivity contribution in [1.82, 2.24) is 9.97 Å². The largest absolute Gasteiger partial charge is 0.491 e. The van der Waals surface area contributed by atoms with E-state index in [9.17, 15) is 4.79 Å². The van der Waals surface area contributed by atoms with Crippen LogP contribution in [-0.4, -0.2) is 22.0 Å². The maximum atomic E-state index is 12.1. The number of rotatable bonds is 4. The highest BCUT2D eigenvalue weighted by Gasteiger charge is 2.09. The van der Waals surface area contributed by atoms with Crippen LogP contribution in [0.15, 0.2) is 36.7 Å². The Morgan fingerprint density at radius 3 is 2.85 bits per heavy atom. The fraction of sp³-hybridized carbons (Fsp3) is 0.214. The van der Waals surface area contributed by atoms with Crippen molar-refractivity contribution < 1.29 is 9.53 Å². The van der Waals surface area contributed by atoms with Gasteiger partial charge < -0.3 is 10.1 Å². The molecule has 1 heterocycles. The summed E-state index contributed by atoms with van der Waals surface area (Å²) < 4.78 is 5.55. The minimum absolute atomic E-state index is 0.0482. The summed E-state index contributed by atoms with van der Waals surface area (Å²) >= 11 is 5.71. The van der Waals surface area contributed by atoms with Gasteiger partial charge in [0.05, 0.1) is 18.5 Å². The zero-order chi connectivity index (χ0) is 14.5. The van der Waals surface area contributed by atoms with Crippen molar-refractivity contribution in [2.45, 2.75) is 20.0 Å². The number of hydrogen-bond acceptors (Lipinski definition) is 4. The molecule has 104 valence electrons. The molecule has 5 nitrogen and oxygen atoms in total. The van der Waals surface area contributed by atoms with E-state index in [1.165, 1.54) is 12.4 Å². The van der Waals surface area contributed by atoms with Gasteiger partial charge in [0.2, 0.25) is 0 Å². The Kier molecular flexibility index (Phi) is 4.53. The number of nitrogens with one attached hydrogen (secondary N) is 1. The number of aromatic nitrogens is 2. The third-order valence-corrected chi connectivity index (χ3v) is 2.50. The average molecular weight is 292 g/mol. The summed E-state index contributed by atoms with van der Waals surface area (Å²) in [5.74, 6) is 0.651. The highest BCUT2D eigenvalue weighted by Crippen LogP contribution is 2.16. The Morgan fingerprint density at radius 1 is 1.35 bits per heavy atom. The first kappa shape index (κ1) is 14.3. The molecule has 0 saturated heterocycles. The monoisotopic (exact) mass is 291 g/mol. The van der Waals surface area contributed by atoms with E-state index in [1.807, 2.05) is 13.8 Å². The van der Waals surface area contributed by atoms with Crippen LogP contribution in [0.2, 0.25) is 5.15 Å². The van der Waals surface area contributed by atoms with Gasteiger partial charge >= 0.3 is 0 Å². The molecule has 1 aromatic carbocycles. The van der Waals surface area contributed by atoms with Gasteiger partial charge in [-0.3, -0.25) is 9.78 Å². The van der Waals surface area contributed by atoms with Crippen molar-refractivity contribution in [3.8, 4) is 5.75 Å². The van der Waals surface area contributed by atoms with Crippen molar-refractivity contribution in [3.05, 3.63) is 47.4 Å². The van der Waals surface area contributed by atoms with Crippen LogP contribution in [0.1, 0.15) is 24.2 Å². The second kappa shape index (κ2) is 6.34. The third kappa shape index (κ3) is 3.93. The summed E-state index contributed by atoms with van der Waals surface area (Å²) in [7, 11) is 0. The number of carbonyl (C=O) groups is 1. The molecule has 0 fully saturated rings. The molecule has 1 amide bonds. The summed E-state index contributed by atoms with van der Waals surface area (Å²) in [4.78, 5) is 19.9. The Morgan fingerprint density at radius 2 is 2.15 bits per heavy atom. The first-order valence-electron chi connectivity index (χ1n) is 6.10. The summed E-state index contributed by atoms with van der Waals surface area (Å²) in [6, 6.07) is 6.93. The Bertz CT molecular complexity index is 617. The SMILES string of the molecule is CC(C)Oc1cccc(C(=O)Nc2cncc(Cl)n2)c1. The standard InChI is InChI=1S/C14H14ClN3O2/c1-9(2)20-11-5-3-4-10(6-11)14(19)18-13-8-16-7-12(15)17-13/h3-9H,1-2H3,(H,17,18,19). The minimum atomic E-state index is -0.296. The van der Waals surface area contributed by atoms with Crippen molar-refractivity contribution in [1.29, 1.82) is 0 Å². The lowest BCUT2D eigenvalue weighted by Crippen LogP contribution is -2.14. The van der Waals surface area contributed by atoms with Crippen LogP contribution in [-0.2, 0) is 0 Å². The van der Waals surface area contributed by atoms with Gasteiger partial charge in [-0.15, -0.1) is 0 Å². The molecule has 0 aliphatic rings. The molecule has 0 unspecified atom stereocenters. The number of carbonyl (C=O) groups excluding carboxylic acids is 1. The summed E-state index contributed by atoms with van der Waals surface area (Å²) in [6.07, 6.45) is 2.87. The summed E-state index contributed by atoms with van der Waals surface area (Å²) in [5.41, 5.74) is 0.477. The van der Waals surface area contributed by atoms with E-state index in [0.717, 1.165) is 0 Å². The molecule has 0 radical (unpaired) electrons. The molecular formula is C14H14ClN3O2. The van der Waals surface area contributed by atoms with E-state index < -0.39 is 0 Å². The van der Waals surface area contributed by atoms with Crippen LogP contribution in [0.4, 0.5) is 5.82 Å². The molecule has 0 spiro atoms. The van der Waals surface area contributed by atoms with Crippen LogP contribution in [0, 0.1) is 0 Å². The van der Waals surface area contributed by atoms with E-state index in [-0.39, 0.29) is 17.2 Å². The highest BCUT2D eigenvalue weighted by molar-refractivity contribution is 6.29. The molecular weight excluding hydrogens is 278 g/mol. The van der Waals surface area contributed by atoms with E-state index in [2.05, 4.69) is 15.3 Å². The minimum Gasteiger partial charge on any atom is -0.491 e. The molecule has 0 aliphatic heterocycles. The fourth-order valence-electron chi connectivity index (χ4n) is 1.57. The number of hydrogen-bond donors (Lipinski definition) is 1. The smallest absolute Gasteiger partial charge is 0.256 e. The van der Waals surface area contributed by atoms with Crippen LogP contribution < -0.4 is 10.1 Å². The van der Waals surface area contributed by atoms with Gasteiger partial charge in [0, 0.05) is 5.56 Å². The van der Waals surface area contributed by atoms with E-state index in [4.69, 9.17) is 16.3 Å². The molecule has 0 saturated carbocycles. The summed E-state index contributed by atoms with van der Waals surface area (Å²) in [5, 5.41) is 2.85. The van der Waals surface area contributed by atoms with Crippen molar-refractivity contribution >= 4 is 23.3 Å². The molecule has 0 atom stereocenters. The maximum absolute atomic E-state index is 12.1. The number of ether oxygens (including phenoxy) is 1. The molecule has 0 bridgehead atoms. The number of anilines is 1. The van der Waals surface area contributed by atoms with E-state index >= 15 is 0 Å². The second-order valence-electron chi connectivity index (χ2n) is 4.38. The molecule has 1 N–H and O–H groups in total. The van der Waals surface area contributed by atoms with Gasteiger partial charge in [-0.25, -0.2) is 4.98 Å². The molecule has 20 heavy (non-hydrogen) atoms. The zero-order valence-electron chi connectivity index (χ0n) is 11.1. The van der Waals surface area contributed by atoms with Gasteiger partial charge in [-0.05, 0) is 32.0 Å². The third-order valence-electron chi connectivity index (χ3n) is 2.31. The van der Waals surface area contributed by atoms with Gasteiger partial charge in [0.15, 0.2) is 5.82 Å². The lowest BCUT2D eigenvalue weighted by Gasteiger charge is -2.10. The number of nitrogens with zero attached hydrogens (tertiary/aromatic N) is 2. The van der Waals surface area contributed by atoms with E-state index in [0.29, 0.717) is 17.1 Å². The van der Waals surface area contributed by atoms with Crippen LogP contribution in [0.25, 0.3) is 0 Å². The van der Waals surface area contributed by atoms with Crippen LogP contribution in [0.5, 0.6) is 5.75 Å². The average Bonchev–Trinajstić information content (AvgIpc) is 2.38. The Balaban J connectivity index is 2.13. The quantitative estimate of drug-likeness (QED) is 0.940. The molecule has 0 aliphatic carbocycles. The van der Waals surface area contributed by atoms with Crippen molar-refractivity contribution in [2.75, 3.05) is 5.32 Å². The van der Waals surface area contributed by atoms with Crippen molar-refractivity contribution in [2.24, 2.45) is 0 Å². The van der Waals surface area contributed by atoms with Gasteiger partial charge in [0.25, 0.3) is 5.91 Å². The number of amides is 1. The maximum Gasteiger partial charge on any atom is 0.256 e. The van der Waals surface area contributed by atoms with Gasteiger partial charge in [-0.1, -0.05) is 17.7 Å². The molecule has 2 aromatic rings. The Hall–Kier alpha value is -2.14. The number of halogens is 1. The Labute approximate surface area is 122 Å². The molecule has 1 aromatic heterocycles. The predicted molar refractivity (Wildman–Crippen MR) is 77.2 cm³/mol. The molecule has 6 heteroatoms. The molecule has 2 rings (SSSR count). The lowest BCUT2D eigenvalue weighted by atomic mass is 10.2. The van der Waals surface area contributed by atoms with Gasteiger partial charge in [0.1, 0.15) is 10.9 Å². The van der Waals surface area contributed by atoms with E-state index in [1.54, 1.807) is 24.3 Å². The zero-order valence-corrected chi connectivity index (χ0v) is 11.9. The first-order valence-corrected chi connectivity index (χ1v) is 6.48. The highest BCUT2D eigenvalue weighted by atomic mass is 35.5. The van der Waals surface area contributed by atoms with Gasteiger partial charge in [-0.2, -0.15) is 0 Å². The number of benzene rings is 1. The van der Waals surface area contributed by atoms with Crippen LogP contribution in [0.3, 0.4) is 0 Å². The predicted octanol–water partition coefficient (Wildman–Crippen LogP) is 3.17. The lowest BCUT2D eigenvalue weighted by molar-refractivity contribution is 0.102. The first-order chi connectivity index (χ1) is 9.54. The summed E-state index contributed by atoms with van der Waals surface area (Å²) in [6.45, 7) is 3.85. The fourth-order valence-corrected chi connectivity index (χ4v) is 1.72. The normalized spacial score (nSPS) is 10.4.